The molecule has 1 aliphatic carbocycles. The van der Waals surface area contributed by atoms with Crippen molar-refractivity contribution in [3.05, 3.63) is 0 Å². The zero-order chi connectivity index (χ0) is 22.5. The number of aliphatic imine (C=N–C) groups is 1. The lowest BCUT2D eigenvalue weighted by atomic mass is 9.66. The molecule has 0 radical (unpaired) electrons. The average Bonchev–Trinajstić information content (AvgIpc) is 3.30. The van der Waals surface area contributed by atoms with Crippen molar-refractivity contribution in [2.45, 2.75) is 70.4 Å². The topological polar surface area (TPSA) is 102 Å². The number of piperazine rings is 1. The maximum atomic E-state index is 13.8. The van der Waals surface area contributed by atoms with Gasteiger partial charge in [-0.05, 0) is 63.7 Å². The fourth-order valence-corrected chi connectivity index (χ4v) is 6.04. The minimum absolute atomic E-state index is 0.0183. The van der Waals surface area contributed by atoms with Crippen molar-refractivity contribution in [3.63, 3.8) is 0 Å². The predicted octanol–water partition coefficient (Wildman–Crippen LogP) is 0.318. The molecule has 0 spiro atoms. The fraction of sp³-hybridized carbons (Fsp3) is 0.913. The van der Waals surface area contributed by atoms with Crippen LogP contribution in [0.5, 0.6) is 0 Å². The Morgan fingerprint density at radius 2 is 2.00 bits per heavy atom. The van der Waals surface area contributed by atoms with Crippen molar-refractivity contribution in [2.75, 3.05) is 39.3 Å². The van der Waals surface area contributed by atoms with E-state index in [1.54, 1.807) is 0 Å². The third-order valence-electron chi connectivity index (χ3n) is 7.84. The van der Waals surface area contributed by atoms with E-state index in [2.05, 4.69) is 50.7 Å². The number of nitrogens with zero attached hydrogens (tertiary/aromatic N) is 1. The van der Waals surface area contributed by atoms with Crippen molar-refractivity contribution >= 4 is 11.9 Å². The molecule has 8 atom stereocenters. The van der Waals surface area contributed by atoms with E-state index in [-0.39, 0.29) is 23.9 Å². The van der Waals surface area contributed by atoms with Crippen molar-refractivity contribution in [3.8, 4) is 0 Å². The number of carbonyl (C=O) groups is 1. The molecule has 3 aliphatic heterocycles. The number of carbonyl (C=O) groups excluding carboxylic acids is 1. The Hall–Kier alpha value is -1.45. The summed E-state index contributed by atoms with van der Waals surface area (Å²) >= 11 is 0. The average molecular weight is 452 g/mol. The molecule has 0 aromatic heterocycles. The van der Waals surface area contributed by atoms with Crippen molar-refractivity contribution in [2.24, 2.45) is 28.7 Å². The summed E-state index contributed by atoms with van der Waals surface area (Å²) < 4.78 is 13.8. The van der Waals surface area contributed by atoms with Gasteiger partial charge in [0.1, 0.15) is 0 Å². The maximum Gasteiger partial charge on any atom is 0.223 e. The number of hydrogen-bond donors (Lipinski definition) is 6. The number of guanidine groups is 1. The van der Waals surface area contributed by atoms with Crippen molar-refractivity contribution in [1.82, 2.24) is 31.9 Å². The normalized spacial score (nSPS) is 40.3. The number of rotatable bonds is 6. The molecule has 8 nitrogen and oxygen atoms in total. The molecule has 2 saturated heterocycles. The zero-order valence-corrected chi connectivity index (χ0v) is 19.6. The van der Waals surface area contributed by atoms with Gasteiger partial charge in [-0.3, -0.25) is 15.1 Å². The Bertz CT molecular complexity index is 654. The van der Waals surface area contributed by atoms with Crippen LogP contribution in [0.25, 0.3) is 0 Å². The van der Waals surface area contributed by atoms with Crippen LogP contribution in [0.1, 0.15) is 46.0 Å². The molecular weight excluding hydrogens is 409 g/mol. The third-order valence-corrected chi connectivity index (χ3v) is 7.84. The van der Waals surface area contributed by atoms with E-state index in [1.807, 2.05) is 0 Å². The first kappa shape index (κ1) is 23.7. The van der Waals surface area contributed by atoms with Crippen molar-refractivity contribution < 1.29 is 9.18 Å². The van der Waals surface area contributed by atoms with E-state index in [1.165, 1.54) is 0 Å². The van der Waals surface area contributed by atoms with E-state index in [9.17, 15) is 9.18 Å². The second-order valence-electron chi connectivity index (χ2n) is 10.4. The molecule has 4 rings (SSSR count). The van der Waals surface area contributed by atoms with Gasteiger partial charge in [0.05, 0.1) is 6.54 Å². The first-order valence-corrected chi connectivity index (χ1v) is 12.6. The Morgan fingerprint density at radius 3 is 2.72 bits per heavy atom. The van der Waals surface area contributed by atoms with Crippen molar-refractivity contribution in [1.29, 1.82) is 0 Å². The number of alkyl halides is 1. The molecule has 0 aromatic rings. The molecule has 3 fully saturated rings. The molecule has 3 heterocycles. The SMILES string of the molecule is CC1CNC(CNC(=O)C2CC(CNC3=NCCN3)CC(C3CCC(F)NC3C)C2)CN1. The van der Waals surface area contributed by atoms with Crippen LogP contribution < -0.4 is 31.9 Å². The Morgan fingerprint density at radius 1 is 1.12 bits per heavy atom. The summed E-state index contributed by atoms with van der Waals surface area (Å²) in [6.45, 7) is 9.28. The summed E-state index contributed by atoms with van der Waals surface area (Å²) in [6.07, 6.45) is 3.47. The highest BCUT2D eigenvalue weighted by molar-refractivity contribution is 5.81. The first-order valence-electron chi connectivity index (χ1n) is 12.6. The van der Waals surface area contributed by atoms with Gasteiger partial charge < -0.3 is 26.6 Å². The zero-order valence-electron chi connectivity index (χ0n) is 19.6. The highest BCUT2D eigenvalue weighted by Crippen LogP contribution is 2.41. The van der Waals surface area contributed by atoms with E-state index < -0.39 is 6.30 Å². The maximum absolute atomic E-state index is 13.8. The lowest BCUT2D eigenvalue weighted by molar-refractivity contribution is -0.127. The molecule has 1 saturated carbocycles. The van der Waals surface area contributed by atoms with E-state index in [0.29, 0.717) is 36.8 Å². The van der Waals surface area contributed by atoms with Gasteiger partial charge in [0.15, 0.2) is 12.3 Å². The number of hydrogen-bond acceptors (Lipinski definition) is 7. The molecule has 0 aromatic carbocycles. The molecule has 9 heteroatoms. The predicted molar refractivity (Wildman–Crippen MR) is 125 cm³/mol. The molecule has 4 aliphatic rings. The largest absolute Gasteiger partial charge is 0.356 e. The number of piperidine rings is 1. The summed E-state index contributed by atoms with van der Waals surface area (Å²) in [5.41, 5.74) is 0. The summed E-state index contributed by atoms with van der Waals surface area (Å²) in [4.78, 5) is 17.6. The molecule has 32 heavy (non-hydrogen) atoms. The molecular formula is C23H42FN7O. The van der Waals surface area contributed by atoms with Crippen LogP contribution in [0.2, 0.25) is 0 Å². The van der Waals surface area contributed by atoms with Crippen LogP contribution in [0.4, 0.5) is 4.39 Å². The monoisotopic (exact) mass is 451 g/mol. The smallest absolute Gasteiger partial charge is 0.223 e. The summed E-state index contributed by atoms with van der Waals surface area (Å²) in [6, 6.07) is 0.908. The standard InChI is InChI=1S/C23H42FN7O/c1-14-10-28-19(12-27-14)13-29-22(32)18-8-16(11-30-23-25-5-6-26-23)7-17(9-18)20-3-4-21(24)31-15(20)2/h14-21,27-28,31H,3-13H2,1-2H3,(H,29,32)(H2,25,26,30). The number of halogens is 1. The first-order chi connectivity index (χ1) is 15.5. The molecule has 6 N–H and O–H groups in total. The highest BCUT2D eigenvalue weighted by Gasteiger charge is 2.40. The van der Waals surface area contributed by atoms with E-state index in [0.717, 1.165) is 64.4 Å². The lowest BCUT2D eigenvalue weighted by Crippen LogP contribution is -2.57. The second-order valence-corrected chi connectivity index (χ2v) is 10.4. The molecule has 0 bridgehead atoms. The Kier molecular flexibility index (Phi) is 8.23. The van der Waals surface area contributed by atoms with Crippen LogP contribution in [-0.4, -0.2) is 75.6 Å². The van der Waals surface area contributed by atoms with Crippen LogP contribution in [-0.2, 0) is 4.79 Å². The fourth-order valence-electron chi connectivity index (χ4n) is 6.04. The van der Waals surface area contributed by atoms with Crippen LogP contribution in [0.15, 0.2) is 4.99 Å². The third kappa shape index (κ3) is 6.32. The van der Waals surface area contributed by atoms with Crippen LogP contribution >= 0.6 is 0 Å². The van der Waals surface area contributed by atoms with Gasteiger partial charge in [0, 0.05) is 56.8 Å². The lowest BCUT2D eigenvalue weighted by Gasteiger charge is -2.43. The second kappa shape index (κ2) is 11.1. The van der Waals surface area contributed by atoms with Crippen LogP contribution in [0.3, 0.4) is 0 Å². The summed E-state index contributed by atoms with van der Waals surface area (Å²) in [7, 11) is 0. The molecule has 1 amide bonds. The van der Waals surface area contributed by atoms with Gasteiger partial charge in [-0.25, -0.2) is 4.39 Å². The highest BCUT2D eigenvalue weighted by atomic mass is 19.1. The molecule has 8 unspecified atom stereocenters. The summed E-state index contributed by atoms with van der Waals surface area (Å²) in [5.74, 6) is 2.36. The minimum atomic E-state index is -0.896. The van der Waals surface area contributed by atoms with Gasteiger partial charge in [-0.1, -0.05) is 0 Å². The Labute approximate surface area is 191 Å². The minimum Gasteiger partial charge on any atom is -0.356 e. The van der Waals surface area contributed by atoms with Gasteiger partial charge in [-0.2, -0.15) is 0 Å². The van der Waals surface area contributed by atoms with Gasteiger partial charge in [0.25, 0.3) is 0 Å². The van der Waals surface area contributed by atoms with Gasteiger partial charge in [-0.15, -0.1) is 0 Å². The summed E-state index contributed by atoms with van der Waals surface area (Å²) in [5, 5.41) is 20.0. The van der Waals surface area contributed by atoms with Crippen LogP contribution in [0, 0.1) is 23.7 Å². The van der Waals surface area contributed by atoms with E-state index in [4.69, 9.17) is 0 Å². The number of amides is 1. The van der Waals surface area contributed by atoms with Gasteiger partial charge >= 0.3 is 0 Å². The van der Waals surface area contributed by atoms with E-state index >= 15 is 0 Å². The quantitative estimate of drug-likeness (QED) is 0.325. The van der Waals surface area contributed by atoms with Gasteiger partial charge in [0.2, 0.25) is 5.91 Å². The Balaban J connectivity index is 1.35. The number of nitrogens with one attached hydrogen (secondary N) is 6. The molecule has 182 valence electrons.